The van der Waals surface area contributed by atoms with Crippen molar-refractivity contribution in [2.24, 2.45) is 0 Å². The molecule has 0 atom stereocenters. The van der Waals surface area contributed by atoms with Crippen molar-refractivity contribution in [2.45, 2.75) is 6.42 Å². The number of piperazine rings is 1. The molecular formula is C20H25ClN4O3. The van der Waals surface area contributed by atoms with E-state index in [-0.39, 0.29) is 11.8 Å². The van der Waals surface area contributed by atoms with Gasteiger partial charge < -0.3 is 20.0 Å². The topological polar surface area (TPSA) is 77.8 Å². The summed E-state index contributed by atoms with van der Waals surface area (Å²) < 4.78 is 5.07. The normalized spacial score (nSPS) is 15.3. The molecule has 3 rings (SSSR count). The predicted octanol–water partition coefficient (Wildman–Crippen LogP) is 2.31. The lowest BCUT2D eigenvalue weighted by Gasteiger charge is -2.34. The van der Waals surface area contributed by atoms with Crippen molar-refractivity contribution >= 4 is 29.1 Å². The Morgan fingerprint density at radius 1 is 1.04 bits per heavy atom. The summed E-state index contributed by atoms with van der Waals surface area (Å²) in [4.78, 5) is 28.5. The molecular weight excluding hydrogens is 380 g/mol. The van der Waals surface area contributed by atoms with Gasteiger partial charge >= 0.3 is 0 Å². The fourth-order valence-electron chi connectivity index (χ4n) is 3.11. The number of carbonyl (C=O) groups is 2. The molecule has 0 bridgehead atoms. The standard InChI is InChI=1S/C20H25ClN4O3/c21-16-3-1-4-17(15-16)23-19(26)6-8-24-10-12-25(13-11-24)9-7-22-20(27)18-5-2-14-28-18/h1-5,14-15H,6-13H2,(H,22,27)(H,23,26). The Hall–Kier alpha value is -2.35. The van der Waals surface area contributed by atoms with E-state index in [0.717, 1.165) is 45.0 Å². The van der Waals surface area contributed by atoms with Crippen LogP contribution in [-0.2, 0) is 4.79 Å². The van der Waals surface area contributed by atoms with Crippen LogP contribution in [0.1, 0.15) is 17.0 Å². The van der Waals surface area contributed by atoms with E-state index in [0.29, 0.717) is 23.7 Å². The summed E-state index contributed by atoms with van der Waals surface area (Å²) >= 11 is 5.93. The van der Waals surface area contributed by atoms with Gasteiger partial charge in [0, 0.05) is 62.9 Å². The number of amides is 2. The molecule has 1 aromatic heterocycles. The molecule has 28 heavy (non-hydrogen) atoms. The fourth-order valence-corrected chi connectivity index (χ4v) is 3.30. The smallest absolute Gasteiger partial charge is 0.287 e. The number of anilines is 1. The summed E-state index contributed by atoms with van der Waals surface area (Å²) in [7, 11) is 0. The Balaban J connectivity index is 1.28. The molecule has 2 aromatic rings. The quantitative estimate of drug-likeness (QED) is 0.706. The van der Waals surface area contributed by atoms with Crippen molar-refractivity contribution in [1.82, 2.24) is 15.1 Å². The molecule has 0 aliphatic carbocycles. The second-order valence-electron chi connectivity index (χ2n) is 6.73. The van der Waals surface area contributed by atoms with Gasteiger partial charge in [-0.25, -0.2) is 0 Å². The van der Waals surface area contributed by atoms with E-state index >= 15 is 0 Å². The van der Waals surface area contributed by atoms with Gasteiger partial charge in [-0.2, -0.15) is 0 Å². The first-order valence-electron chi connectivity index (χ1n) is 9.42. The van der Waals surface area contributed by atoms with Crippen LogP contribution in [0.4, 0.5) is 5.69 Å². The lowest BCUT2D eigenvalue weighted by molar-refractivity contribution is -0.116. The van der Waals surface area contributed by atoms with Crippen LogP contribution in [0.25, 0.3) is 0 Å². The maximum absolute atomic E-state index is 12.1. The molecule has 2 amide bonds. The third-order valence-electron chi connectivity index (χ3n) is 4.69. The van der Waals surface area contributed by atoms with Crippen LogP contribution in [0, 0.1) is 0 Å². The molecule has 150 valence electrons. The number of halogens is 1. The molecule has 1 aliphatic heterocycles. The predicted molar refractivity (Wildman–Crippen MR) is 109 cm³/mol. The highest BCUT2D eigenvalue weighted by molar-refractivity contribution is 6.30. The van der Waals surface area contributed by atoms with Gasteiger partial charge in [0.1, 0.15) is 0 Å². The molecule has 7 nitrogen and oxygen atoms in total. The van der Waals surface area contributed by atoms with E-state index < -0.39 is 0 Å². The van der Waals surface area contributed by atoms with Gasteiger partial charge in [0.25, 0.3) is 5.91 Å². The van der Waals surface area contributed by atoms with Gasteiger partial charge in [-0.15, -0.1) is 0 Å². The molecule has 0 unspecified atom stereocenters. The minimum Gasteiger partial charge on any atom is -0.459 e. The van der Waals surface area contributed by atoms with Crippen molar-refractivity contribution in [2.75, 3.05) is 51.1 Å². The van der Waals surface area contributed by atoms with Crippen LogP contribution in [0.3, 0.4) is 0 Å². The Kier molecular flexibility index (Phi) is 7.47. The summed E-state index contributed by atoms with van der Waals surface area (Å²) in [5, 5.41) is 6.34. The van der Waals surface area contributed by atoms with E-state index in [1.807, 2.05) is 12.1 Å². The third kappa shape index (κ3) is 6.37. The zero-order valence-electron chi connectivity index (χ0n) is 15.7. The van der Waals surface area contributed by atoms with Crippen LogP contribution in [-0.4, -0.2) is 67.4 Å². The molecule has 2 heterocycles. The number of hydrogen-bond donors (Lipinski definition) is 2. The highest BCUT2D eigenvalue weighted by atomic mass is 35.5. The number of furan rings is 1. The van der Waals surface area contributed by atoms with E-state index in [2.05, 4.69) is 20.4 Å². The highest BCUT2D eigenvalue weighted by Crippen LogP contribution is 2.15. The number of nitrogens with one attached hydrogen (secondary N) is 2. The second-order valence-corrected chi connectivity index (χ2v) is 7.16. The Labute approximate surface area is 169 Å². The average Bonchev–Trinajstić information content (AvgIpc) is 3.22. The number of carbonyl (C=O) groups excluding carboxylic acids is 2. The Morgan fingerprint density at radius 2 is 1.79 bits per heavy atom. The summed E-state index contributed by atoms with van der Waals surface area (Å²) in [5.41, 5.74) is 0.721. The average molecular weight is 405 g/mol. The van der Waals surface area contributed by atoms with Crippen LogP contribution in [0.2, 0.25) is 5.02 Å². The monoisotopic (exact) mass is 404 g/mol. The van der Waals surface area contributed by atoms with Gasteiger partial charge in [-0.1, -0.05) is 17.7 Å². The lowest BCUT2D eigenvalue weighted by Crippen LogP contribution is -2.48. The van der Waals surface area contributed by atoms with Crippen LogP contribution in [0.5, 0.6) is 0 Å². The van der Waals surface area contributed by atoms with Crippen molar-refractivity contribution in [1.29, 1.82) is 0 Å². The number of rotatable bonds is 8. The Bertz CT molecular complexity index is 774. The molecule has 0 radical (unpaired) electrons. The second kappa shape index (κ2) is 10.3. The zero-order valence-corrected chi connectivity index (χ0v) is 16.5. The van der Waals surface area contributed by atoms with Gasteiger partial charge in [0.05, 0.1) is 6.26 Å². The summed E-state index contributed by atoms with van der Waals surface area (Å²) in [5.74, 6) is 0.139. The molecule has 1 fully saturated rings. The van der Waals surface area contributed by atoms with Crippen molar-refractivity contribution in [3.63, 3.8) is 0 Å². The van der Waals surface area contributed by atoms with Crippen molar-refractivity contribution in [3.05, 3.63) is 53.4 Å². The Morgan fingerprint density at radius 3 is 2.46 bits per heavy atom. The molecule has 0 saturated carbocycles. The molecule has 8 heteroatoms. The van der Waals surface area contributed by atoms with Crippen molar-refractivity contribution in [3.8, 4) is 0 Å². The van der Waals surface area contributed by atoms with E-state index in [9.17, 15) is 9.59 Å². The van der Waals surface area contributed by atoms with Gasteiger partial charge in [0.15, 0.2) is 5.76 Å². The third-order valence-corrected chi connectivity index (χ3v) is 4.92. The first kappa shape index (κ1) is 20.4. The van der Waals surface area contributed by atoms with Crippen LogP contribution >= 0.6 is 11.6 Å². The molecule has 2 N–H and O–H groups in total. The molecule has 1 saturated heterocycles. The van der Waals surface area contributed by atoms with E-state index in [4.69, 9.17) is 16.0 Å². The van der Waals surface area contributed by atoms with Gasteiger partial charge in [-0.05, 0) is 30.3 Å². The van der Waals surface area contributed by atoms with Crippen LogP contribution in [0.15, 0.2) is 47.1 Å². The number of benzene rings is 1. The highest BCUT2D eigenvalue weighted by Gasteiger charge is 2.17. The van der Waals surface area contributed by atoms with Crippen molar-refractivity contribution < 1.29 is 14.0 Å². The number of nitrogens with zero attached hydrogens (tertiary/aromatic N) is 2. The van der Waals surface area contributed by atoms with Crippen LogP contribution < -0.4 is 10.6 Å². The molecule has 1 aliphatic rings. The maximum atomic E-state index is 12.1. The minimum absolute atomic E-state index is 0.00895. The summed E-state index contributed by atoms with van der Waals surface area (Å²) in [6.07, 6.45) is 1.94. The SMILES string of the molecule is O=C(CCN1CCN(CCNC(=O)c2ccco2)CC1)Nc1cccc(Cl)c1. The first-order chi connectivity index (χ1) is 13.6. The summed E-state index contributed by atoms with van der Waals surface area (Å²) in [6.45, 7) is 5.79. The van der Waals surface area contributed by atoms with Gasteiger partial charge in [-0.3, -0.25) is 14.5 Å². The minimum atomic E-state index is -0.186. The zero-order chi connectivity index (χ0) is 19.8. The fraction of sp³-hybridized carbons (Fsp3) is 0.400. The lowest BCUT2D eigenvalue weighted by atomic mass is 10.2. The molecule has 0 spiro atoms. The largest absolute Gasteiger partial charge is 0.459 e. The molecule has 1 aromatic carbocycles. The summed E-state index contributed by atoms with van der Waals surface area (Å²) in [6, 6.07) is 10.5. The van der Waals surface area contributed by atoms with E-state index in [1.54, 1.807) is 24.3 Å². The maximum Gasteiger partial charge on any atom is 0.287 e. The first-order valence-corrected chi connectivity index (χ1v) is 9.80. The number of hydrogen-bond acceptors (Lipinski definition) is 5. The van der Waals surface area contributed by atoms with E-state index in [1.165, 1.54) is 6.26 Å². The van der Waals surface area contributed by atoms with Gasteiger partial charge in [0.2, 0.25) is 5.91 Å².